The number of methoxy groups -OCH3 is 1. The molecule has 0 N–H and O–H groups in total. The van der Waals surface area contributed by atoms with E-state index in [9.17, 15) is 4.79 Å². The molecule has 1 atom stereocenters. The number of rotatable bonds is 4. The van der Waals surface area contributed by atoms with Crippen LogP contribution in [0.3, 0.4) is 0 Å². The van der Waals surface area contributed by atoms with Crippen molar-refractivity contribution in [1.82, 2.24) is 9.97 Å². The number of benzene rings is 2. The maximum absolute atomic E-state index is 12.9. The Balaban J connectivity index is 1.53. The number of ketones is 1. The summed E-state index contributed by atoms with van der Waals surface area (Å²) in [6.45, 7) is 2.64. The Morgan fingerprint density at radius 1 is 1.10 bits per heavy atom. The van der Waals surface area contributed by atoms with Gasteiger partial charge in [0.15, 0.2) is 5.78 Å². The molecule has 6 heteroatoms. The second-order valence-electron chi connectivity index (χ2n) is 7.81. The van der Waals surface area contributed by atoms with Gasteiger partial charge >= 0.3 is 6.01 Å². The summed E-state index contributed by atoms with van der Waals surface area (Å²) in [5.74, 6) is 0.123. The number of hydrogen-bond acceptors (Lipinski definition) is 5. The molecular weight excluding hydrogens is 410 g/mol. The van der Waals surface area contributed by atoms with E-state index in [1.165, 1.54) is 0 Å². The van der Waals surface area contributed by atoms with Gasteiger partial charge in [-0.05, 0) is 46.5 Å². The second kappa shape index (κ2) is 7.75. The number of hydrogen-bond donors (Lipinski definition) is 0. The zero-order valence-corrected chi connectivity index (χ0v) is 18.0. The van der Waals surface area contributed by atoms with Gasteiger partial charge < -0.3 is 4.74 Å². The Morgan fingerprint density at radius 2 is 1.90 bits per heavy atom. The zero-order chi connectivity index (χ0) is 21.5. The van der Waals surface area contributed by atoms with Crippen molar-refractivity contribution in [3.05, 3.63) is 92.8 Å². The van der Waals surface area contributed by atoms with Crippen LogP contribution in [0.4, 0.5) is 0 Å². The SMILES string of the molecule is COc1ncc(C2=NCc3cc4c(cc32)C=C(C(C)c2cccc(Cl)c2)C(=O)C4)cn1. The van der Waals surface area contributed by atoms with E-state index >= 15 is 0 Å². The summed E-state index contributed by atoms with van der Waals surface area (Å²) >= 11 is 6.17. The Hall–Kier alpha value is -3.31. The van der Waals surface area contributed by atoms with E-state index in [0.717, 1.165) is 44.7 Å². The fourth-order valence-electron chi connectivity index (χ4n) is 4.24. The van der Waals surface area contributed by atoms with Crippen molar-refractivity contribution in [3.8, 4) is 6.01 Å². The van der Waals surface area contributed by atoms with Gasteiger partial charge in [-0.2, -0.15) is 0 Å². The van der Waals surface area contributed by atoms with E-state index in [1.54, 1.807) is 19.5 Å². The molecule has 2 aliphatic rings. The van der Waals surface area contributed by atoms with Crippen molar-refractivity contribution in [2.75, 3.05) is 7.11 Å². The standard InChI is InChI=1S/C25H20ClN3O2/c1-14(15-4-3-5-20(26)7-15)21-8-17-9-22-18(6-16(17)10-23(21)30)11-27-24(22)19-12-28-25(31-2)29-13-19/h3-9,12-14H,10-11H2,1-2H3. The van der Waals surface area contributed by atoms with Crippen molar-refractivity contribution >= 4 is 29.2 Å². The highest BCUT2D eigenvalue weighted by Crippen LogP contribution is 2.35. The summed E-state index contributed by atoms with van der Waals surface area (Å²) in [4.78, 5) is 26.1. The minimum absolute atomic E-state index is 0.0317. The first kappa shape index (κ1) is 19.6. The lowest BCUT2D eigenvalue weighted by Crippen LogP contribution is -2.17. The lowest BCUT2D eigenvalue weighted by atomic mass is 9.81. The first-order chi connectivity index (χ1) is 15.0. The van der Waals surface area contributed by atoms with Gasteiger partial charge in [0.05, 0.1) is 19.4 Å². The molecule has 0 saturated carbocycles. The van der Waals surface area contributed by atoms with E-state index < -0.39 is 0 Å². The van der Waals surface area contributed by atoms with Crippen molar-refractivity contribution in [2.45, 2.75) is 25.8 Å². The topological polar surface area (TPSA) is 64.4 Å². The molecule has 1 aliphatic carbocycles. The molecule has 2 heterocycles. The Bertz CT molecular complexity index is 1260. The van der Waals surface area contributed by atoms with Gasteiger partial charge in [-0.3, -0.25) is 9.79 Å². The predicted octanol–water partition coefficient (Wildman–Crippen LogP) is 4.80. The molecule has 5 rings (SSSR count). The van der Waals surface area contributed by atoms with Crippen LogP contribution in [-0.2, 0) is 17.8 Å². The summed E-state index contributed by atoms with van der Waals surface area (Å²) in [6.07, 6.45) is 5.88. The van der Waals surface area contributed by atoms with Crippen LogP contribution in [0.15, 0.2) is 59.4 Å². The van der Waals surface area contributed by atoms with Crippen LogP contribution in [0.2, 0.25) is 5.02 Å². The highest BCUT2D eigenvalue weighted by Gasteiger charge is 2.27. The average Bonchev–Trinajstić information content (AvgIpc) is 3.19. The largest absolute Gasteiger partial charge is 0.467 e. The summed E-state index contributed by atoms with van der Waals surface area (Å²) in [5.41, 5.74) is 7.86. The van der Waals surface area contributed by atoms with Crippen LogP contribution in [-0.4, -0.2) is 28.6 Å². The maximum atomic E-state index is 12.9. The summed E-state index contributed by atoms with van der Waals surface area (Å²) in [6, 6.07) is 12.3. The zero-order valence-electron chi connectivity index (χ0n) is 17.2. The fourth-order valence-corrected chi connectivity index (χ4v) is 4.43. The van der Waals surface area contributed by atoms with Crippen LogP contribution in [0, 0.1) is 0 Å². The van der Waals surface area contributed by atoms with Crippen LogP contribution >= 0.6 is 11.6 Å². The minimum atomic E-state index is -0.0317. The predicted molar refractivity (Wildman–Crippen MR) is 121 cm³/mol. The average molecular weight is 430 g/mol. The number of Topliss-reactive ketones (excluding diaryl/α,β-unsaturated/α-hetero) is 1. The first-order valence-corrected chi connectivity index (χ1v) is 10.5. The number of halogens is 1. The number of allylic oxidation sites excluding steroid dienone is 1. The van der Waals surface area contributed by atoms with Gasteiger partial charge in [0.1, 0.15) is 0 Å². The molecule has 2 aromatic carbocycles. The molecule has 0 spiro atoms. The quantitative estimate of drug-likeness (QED) is 0.597. The van der Waals surface area contributed by atoms with Gasteiger partial charge in [0.25, 0.3) is 0 Å². The van der Waals surface area contributed by atoms with E-state index in [2.05, 4.69) is 29.0 Å². The molecule has 154 valence electrons. The Kier molecular flexibility index (Phi) is 4.91. The third kappa shape index (κ3) is 3.55. The van der Waals surface area contributed by atoms with Crippen LogP contribution in [0.25, 0.3) is 6.08 Å². The highest BCUT2D eigenvalue weighted by molar-refractivity contribution is 6.30. The molecule has 0 saturated heterocycles. The molecule has 1 aromatic heterocycles. The summed E-state index contributed by atoms with van der Waals surface area (Å²) in [5, 5.41) is 0.675. The molecule has 0 fully saturated rings. The molecule has 31 heavy (non-hydrogen) atoms. The molecule has 5 nitrogen and oxygen atoms in total. The molecule has 1 unspecified atom stereocenters. The van der Waals surface area contributed by atoms with E-state index in [1.807, 2.05) is 30.3 Å². The molecule has 0 bridgehead atoms. The van der Waals surface area contributed by atoms with Crippen LogP contribution in [0.1, 0.15) is 46.2 Å². The first-order valence-electron chi connectivity index (χ1n) is 10.1. The number of aromatic nitrogens is 2. The van der Waals surface area contributed by atoms with E-state index in [0.29, 0.717) is 24.0 Å². The van der Waals surface area contributed by atoms with Gasteiger partial charge in [-0.25, -0.2) is 9.97 Å². The van der Waals surface area contributed by atoms with E-state index in [-0.39, 0.29) is 11.7 Å². The smallest absolute Gasteiger partial charge is 0.316 e. The highest BCUT2D eigenvalue weighted by atomic mass is 35.5. The second-order valence-corrected chi connectivity index (χ2v) is 8.24. The number of fused-ring (bicyclic) bond motifs is 2. The number of carbonyl (C=O) groups is 1. The Morgan fingerprint density at radius 3 is 2.65 bits per heavy atom. The van der Waals surface area contributed by atoms with Gasteiger partial charge in [0.2, 0.25) is 0 Å². The van der Waals surface area contributed by atoms with Crippen molar-refractivity contribution in [3.63, 3.8) is 0 Å². The molecule has 3 aromatic rings. The van der Waals surface area contributed by atoms with Crippen molar-refractivity contribution < 1.29 is 9.53 Å². The number of carbonyl (C=O) groups excluding carboxylic acids is 1. The van der Waals surface area contributed by atoms with Gasteiger partial charge in [-0.1, -0.05) is 36.7 Å². The molecule has 0 amide bonds. The minimum Gasteiger partial charge on any atom is -0.467 e. The maximum Gasteiger partial charge on any atom is 0.316 e. The van der Waals surface area contributed by atoms with Crippen molar-refractivity contribution in [2.24, 2.45) is 4.99 Å². The fraction of sp³-hybridized carbons (Fsp3) is 0.200. The third-order valence-electron chi connectivity index (χ3n) is 5.91. The molecular formula is C25H20ClN3O2. The normalized spacial score (nSPS) is 15.6. The van der Waals surface area contributed by atoms with Crippen LogP contribution in [0.5, 0.6) is 6.01 Å². The summed E-state index contributed by atoms with van der Waals surface area (Å²) < 4.78 is 5.05. The lowest BCUT2D eigenvalue weighted by Gasteiger charge is -2.22. The number of ether oxygens (including phenoxy) is 1. The monoisotopic (exact) mass is 429 g/mol. The molecule has 1 aliphatic heterocycles. The molecule has 0 radical (unpaired) electrons. The summed E-state index contributed by atoms with van der Waals surface area (Å²) in [7, 11) is 1.54. The van der Waals surface area contributed by atoms with Gasteiger partial charge in [0, 0.05) is 46.5 Å². The van der Waals surface area contributed by atoms with Crippen molar-refractivity contribution in [1.29, 1.82) is 0 Å². The lowest BCUT2D eigenvalue weighted by molar-refractivity contribution is -0.115. The van der Waals surface area contributed by atoms with Gasteiger partial charge in [-0.15, -0.1) is 0 Å². The Labute approximate surface area is 185 Å². The van der Waals surface area contributed by atoms with Crippen LogP contribution < -0.4 is 4.74 Å². The van der Waals surface area contributed by atoms with E-state index in [4.69, 9.17) is 21.3 Å². The third-order valence-corrected chi connectivity index (χ3v) is 6.15. The number of aliphatic imine (C=N–C) groups is 1. The number of nitrogens with zero attached hydrogens (tertiary/aromatic N) is 3.